The van der Waals surface area contributed by atoms with Crippen molar-refractivity contribution in [3.05, 3.63) is 100 Å². The SMILES string of the molecule is CC(F)(C(=O)O)C(=O)N=c1c(=O)n(CCOCc2ccccc2)c2ccccc2c2ccccc12. The second kappa shape index (κ2) is 9.99. The van der Waals surface area contributed by atoms with Crippen molar-refractivity contribution in [2.45, 2.75) is 25.7 Å². The minimum Gasteiger partial charge on any atom is -0.478 e. The number of carbonyl (C=O) groups is 2. The zero-order valence-corrected chi connectivity index (χ0v) is 19.0. The first-order chi connectivity index (χ1) is 16.8. The minimum absolute atomic E-state index is 0.135. The van der Waals surface area contributed by atoms with Gasteiger partial charge in [0.2, 0.25) is 0 Å². The molecule has 1 atom stereocenters. The summed E-state index contributed by atoms with van der Waals surface area (Å²) in [5, 5.41) is 10.4. The quantitative estimate of drug-likeness (QED) is 0.326. The van der Waals surface area contributed by atoms with Crippen molar-refractivity contribution in [2.24, 2.45) is 4.99 Å². The van der Waals surface area contributed by atoms with Gasteiger partial charge in [-0.15, -0.1) is 0 Å². The van der Waals surface area contributed by atoms with Crippen LogP contribution in [0.2, 0.25) is 0 Å². The zero-order valence-electron chi connectivity index (χ0n) is 19.0. The maximum Gasteiger partial charge on any atom is 0.351 e. The summed E-state index contributed by atoms with van der Waals surface area (Å²) in [4.78, 5) is 41.2. The Balaban J connectivity index is 1.89. The van der Waals surface area contributed by atoms with Crippen LogP contribution in [0, 0.1) is 0 Å². The third-order valence-electron chi connectivity index (χ3n) is 5.70. The largest absolute Gasteiger partial charge is 0.478 e. The fourth-order valence-electron chi connectivity index (χ4n) is 3.76. The Hall–Kier alpha value is -4.17. The van der Waals surface area contributed by atoms with Crippen molar-refractivity contribution in [3.63, 3.8) is 0 Å². The molecule has 0 aliphatic rings. The van der Waals surface area contributed by atoms with Crippen molar-refractivity contribution < 1.29 is 23.8 Å². The Labute approximate surface area is 199 Å². The van der Waals surface area contributed by atoms with Crippen LogP contribution in [0.5, 0.6) is 0 Å². The van der Waals surface area contributed by atoms with Gasteiger partial charge in [0.1, 0.15) is 5.36 Å². The summed E-state index contributed by atoms with van der Waals surface area (Å²) in [5.41, 5.74) is -2.37. The van der Waals surface area contributed by atoms with E-state index in [0.29, 0.717) is 29.8 Å². The van der Waals surface area contributed by atoms with Gasteiger partial charge in [0.25, 0.3) is 17.1 Å². The van der Waals surface area contributed by atoms with Crippen LogP contribution >= 0.6 is 0 Å². The Morgan fingerprint density at radius 3 is 2.23 bits per heavy atom. The number of amides is 1. The molecule has 4 aromatic rings. The molecule has 0 fully saturated rings. The van der Waals surface area contributed by atoms with Crippen LogP contribution in [0.1, 0.15) is 12.5 Å². The normalized spacial score (nSPS) is 13.6. The van der Waals surface area contributed by atoms with E-state index in [1.54, 1.807) is 36.4 Å². The third kappa shape index (κ3) is 4.88. The van der Waals surface area contributed by atoms with Crippen LogP contribution in [-0.4, -0.2) is 33.8 Å². The number of carboxylic acids is 1. The van der Waals surface area contributed by atoms with Crippen LogP contribution in [0.25, 0.3) is 21.7 Å². The molecule has 0 aliphatic heterocycles. The van der Waals surface area contributed by atoms with Gasteiger partial charge in [-0.05, 0) is 23.9 Å². The summed E-state index contributed by atoms with van der Waals surface area (Å²) in [6.45, 7) is 1.28. The van der Waals surface area contributed by atoms with Crippen LogP contribution in [-0.2, 0) is 27.5 Å². The molecule has 0 aliphatic carbocycles. The highest BCUT2D eigenvalue weighted by Crippen LogP contribution is 2.21. The first kappa shape index (κ1) is 24.0. The predicted molar refractivity (Wildman–Crippen MR) is 130 cm³/mol. The van der Waals surface area contributed by atoms with Crippen molar-refractivity contribution in [2.75, 3.05) is 6.61 Å². The molecular weight excluding hydrogens is 451 g/mol. The topological polar surface area (TPSA) is 98.0 Å². The molecule has 0 bridgehead atoms. The number of nitrogens with zero attached hydrogens (tertiary/aromatic N) is 2. The van der Waals surface area contributed by atoms with Crippen LogP contribution in [0.3, 0.4) is 0 Å². The van der Waals surface area contributed by atoms with Gasteiger partial charge < -0.3 is 14.4 Å². The van der Waals surface area contributed by atoms with Crippen LogP contribution < -0.4 is 10.9 Å². The maximum absolute atomic E-state index is 14.5. The Morgan fingerprint density at radius 2 is 1.54 bits per heavy atom. The lowest BCUT2D eigenvalue weighted by molar-refractivity contribution is -0.155. The molecular formula is C27H23FN2O5. The predicted octanol–water partition coefficient (Wildman–Crippen LogP) is 3.61. The number of para-hydroxylation sites is 1. The second-order valence-corrected chi connectivity index (χ2v) is 8.13. The number of alkyl halides is 1. The Kier molecular flexibility index (Phi) is 6.84. The third-order valence-corrected chi connectivity index (χ3v) is 5.70. The van der Waals surface area contributed by atoms with Gasteiger partial charge >= 0.3 is 5.97 Å². The molecule has 1 heterocycles. The highest BCUT2D eigenvalue weighted by atomic mass is 19.1. The minimum atomic E-state index is -3.27. The Morgan fingerprint density at radius 1 is 0.943 bits per heavy atom. The first-order valence-corrected chi connectivity index (χ1v) is 11.0. The Bertz CT molecular complexity index is 1540. The number of aromatic nitrogens is 1. The second-order valence-electron chi connectivity index (χ2n) is 8.13. The van der Waals surface area contributed by atoms with Crippen molar-refractivity contribution in [3.8, 4) is 0 Å². The van der Waals surface area contributed by atoms with E-state index in [4.69, 9.17) is 9.84 Å². The molecule has 178 valence electrons. The lowest BCUT2D eigenvalue weighted by Crippen LogP contribution is -2.41. The monoisotopic (exact) mass is 474 g/mol. The van der Waals surface area contributed by atoms with Gasteiger partial charge in [0, 0.05) is 17.3 Å². The summed E-state index contributed by atoms with van der Waals surface area (Å²) < 4.78 is 21.7. The van der Waals surface area contributed by atoms with E-state index in [1.807, 2.05) is 42.5 Å². The molecule has 0 saturated carbocycles. The van der Waals surface area contributed by atoms with Crippen molar-refractivity contribution >= 4 is 33.6 Å². The standard InChI is InChI=1S/C27H23FN2O5/c1-27(28,26(33)34)25(32)29-23-21-13-6-5-11-19(21)20-12-7-8-14-22(20)30(24(23)31)15-16-35-17-18-9-3-2-4-10-18/h2-14H,15-17H2,1H3,(H,33,34). The fraction of sp³-hybridized carbons (Fsp3) is 0.185. The van der Waals surface area contributed by atoms with E-state index in [2.05, 4.69) is 4.99 Å². The molecule has 1 unspecified atom stereocenters. The number of rotatable bonds is 7. The van der Waals surface area contributed by atoms with Gasteiger partial charge in [-0.2, -0.15) is 0 Å². The molecule has 4 rings (SSSR count). The van der Waals surface area contributed by atoms with Crippen molar-refractivity contribution in [1.29, 1.82) is 0 Å². The molecule has 35 heavy (non-hydrogen) atoms. The average molecular weight is 474 g/mol. The lowest BCUT2D eigenvalue weighted by Gasteiger charge is -2.09. The number of carbonyl (C=O) groups excluding carboxylic acids is 1. The molecule has 1 N–H and O–H groups in total. The summed E-state index contributed by atoms with van der Waals surface area (Å²) in [7, 11) is 0. The molecule has 1 amide bonds. The van der Waals surface area contributed by atoms with Crippen molar-refractivity contribution in [1.82, 2.24) is 4.57 Å². The summed E-state index contributed by atoms with van der Waals surface area (Å²) in [6.07, 6.45) is 0. The smallest absolute Gasteiger partial charge is 0.351 e. The number of ether oxygens (including phenoxy) is 1. The number of hydrogen-bond donors (Lipinski definition) is 1. The van der Waals surface area contributed by atoms with Gasteiger partial charge in [-0.1, -0.05) is 72.8 Å². The average Bonchev–Trinajstić information content (AvgIpc) is 2.96. The zero-order chi connectivity index (χ0) is 25.0. The van der Waals surface area contributed by atoms with E-state index < -0.39 is 23.1 Å². The highest BCUT2D eigenvalue weighted by molar-refractivity contribution is 6.07. The highest BCUT2D eigenvalue weighted by Gasteiger charge is 2.41. The molecule has 0 radical (unpaired) electrons. The number of aliphatic carboxylic acids is 1. The number of halogens is 1. The van der Waals surface area contributed by atoms with Gasteiger partial charge in [-0.25, -0.2) is 14.2 Å². The first-order valence-electron chi connectivity index (χ1n) is 11.0. The molecule has 0 spiro atoms. The molecule has 0 saturated heterocycles. The number of carboxylic acid groups (broad SMARTS) is 1. The summed E-state index contributed by atoms with van der Waals surface area (Å²) >= 11 is 0. The van der Waals surface area contributed by atoms with Crippen LogP contribution in [0.4, 0.5) is 4.39 Å². The summed E-state index contributed by atoms with van der Waals surface area (Å²) in [5.74, 6) is -3.54. The van der Waals surface area contributed by atoms with Gasteiger partial charge in [-0.3, -0.25) is 9.59 Å². The summed E-state index contributed by atoms with van der Waals surface area (Å²) in [6, 6.07) is 23.6. The van der Waals surface area contributed by atoms with E-state index in [9.17, 15) is 18.8 Å². The molecule has 1 aromatic heterocycles. The molecule has 7 nitrogen and oxygen atoms in total. The van der Waals surface area contributed by atoms with E-state index in [-0.39, 0.29) is 18.5 Å². The fourth-order valence-corrected chi connectivity index (χ4v) is 3.76. The number of hydrogen-bond acceptors (Lipinski definition) is 4. The van der Waals surface area contributed by atoms with E-state index in [1.165, 1.54) is 4.57 Å². The maximum atomic E-state index is 14.5. The molecule has 8 heteroatoms. The lowest BCUT2D eigenvalue weighted by atomic mass is 10.1. The van der Waals surface area contributed by atoms with E-state index >= 15 is 0 Å². The molecule has 3 aromatic carbocycles. The van der Waals surface area contributed by atoms with Crippen LogP contribution in [0.15, 0.2) is 88.6 Å². The number of benzene rings is 3. The van der Waals surface area contributed by atoms with Gasteiger partial charge in [0.15, 0.2) is 0 Å². The number of fused-ring (bicyclic) bond motifs is 3. The van der Waals surface area contributed by atoms with E-state index in [0.717, 1.165) is 10.9 Å². The van der Waals surface area contributed by atoms with Gasteiger partial charge in [0.05, 0.1) is 18.7 Å².